The van der Waals surface area contributed by atoms with E-state index >= 15 is 0 Å². The number of nitrogens with zero attached hydrogens (tertiary/aromatic N) is 3. The Morgan fingerprint density at radius 3 is 2.67 bits per heavy atom. The van der Waals surface area contributed by atoms with E-state index in [1.54, 1.807) is 12.4 Å². The minimum Gasteiger partial charge on any atom is -0.312 e. The van der Waals surface area contributed by atoms with Gasteiger partial charge < -0.3 is 5.32 Å². The molecule has 0 aromatic carbocycles. The molecule has 2 aromatic heterocycles. The van der Waals surface area contributed by atoms with Crippen molar-refractivity contribution in [1.29, 1.82) is 0 Å². The van der Waals surface area contributed by atoms with Gasteiger partial charge in [-0.05, 0) is 31.5 Å². The molecule has 0 unspecified atom stereocenters. The summed E-state index contributed by atoms with van der Waals surface area (Å²) in [6, 6.07) is 3.93. The van der Waals surface area contributed by atoms with Crippen LogP contribution in [0.25, 0.3) is 5.69 Å². The van der Waals surface area contributed by atoms with Crippen LogP contribution in [0.1, 0.15) is 25.1 Å². The normalized spacial score (nSPS) is 11.1. The summed E-state index contributed by atoms with van der Waals surface area (Å²) < 4.78 is 1.95. The standard InChI is InChI=1S/C14H20N4/c1-11(2)8-16-9-13-10-17-18(12(13)3)14-4-6-15-7-5-14/h4-7,10-11,16H,8-9H2,1-3H3. The summed E-state index contributed by atoms with van der Waals surface area (Å²) in [6.45, 7) is 8.41. The second-order valence-corrected chi connectivity index (χ2v) is 4.90. The molecule has 0 spiro atoms. The van der Waals surface area contributed by atoms with Crippen molar-refractivity contribution in [3.63, 3.8) is 0 Å². The predicted octanol–water partition coefficient (Wildman–Crippen LogP) is 2.32. The van der Waals surface area contributed by atoms with Gasteiger partial charge in [-0.1, -0.05) is 13.8 Å². The largest absolute Gasteiger partial charge is 0.312 e. The highest BCUT2D eigenvalue weighted by atomic mass is 15.3. The fraction of sp³-hybridized carbons (Fsp3) is 0.429. The van der Waals surface area contributed by atoms with E-state index in [1.165, 1.54) is 11.3 Å². The first kappa shape index (κ1) is 12.8. The molecule has 0 aliphatic carbocycles. The smallest absolute Gasteiger partial charge is 0.0679 e. The van der Waals surface area contributed by atoms with Gasteiger partial charge in [0.2, 0.25) is 0 Å². The summed E-state index contributed by atoms with van der Waals surface area (Å²) >= 11 is 0. The van der Waals surface area contributed by atoms with Crippen LogP contribution < -0.4 is 5.32 Å². The van der Waals surface area contributed by atoms with Crippen molar-refractivity contribution in [3.05, 3.63) is 42.0 Å². The Labute approximate surface area is 108 Å². The van der Waals surface area contributed by atoms with Crippen LogP contribution in [0.4, 0.5) is 0 Å². The van der Waals surface area contributed by atoms with E-state index in [4.69, 9.17) is 0 Å². The molecule has 0 saturated heterocycles. The van der Waals surface area contributed by atoms with Crippen LogP contribution in [0.2, 0.25) is 0 Å². The first-order valence-electron chi connectivity index (χ1n) is 6.33. The summed E-state index contributed by atoms with van der Waals surface area (Å²) in [5.41, 5.74) is 3.47. The maximum absolute atomic E-state index is 4.43. The van der Waals surface area contributed by atoms with Gasteiger partial charge >= 0.3 is 0 Å². The summed E-state index contributed by atoms with van der Waals surface area (Å²) in [5, 5.41) is 7.87. The Morgan fingerprint density at radius 2 is 2.00 bits per heavy atom. The third kappa shape index (κ3) is 2.96. The van der Waals surface area contributed by atoms with E-state index in [-0.39, 0.29) is 0 Å². The Morgan fingerprint density at radius 1 is 1.28 bits per heavy atom. The predicted molar refractivity (Wildman–Crippen MR) is 72.6 cm³/mol. The molecule has 0 aliphatic rings. The van der Waals surface area contributed by atoms with E-state index in [0.717, 1.165) is 18.8 Å². The minimum atomic E-state index is 0.667. The Bertz CT molecular complexity index is 488. The fourth-order valence-electron chi connectivity index (χ4n) is 1.86. The molecule has 0 radical (unpaired) electrons. The highest BCUT2D eigenvalue weighted by Crippen LogP contribution is 2.13. The van der Waals surface area contributed by atoms with Crippen molar-refractivity contribution in [2.75, 3.05) is 6.54 Å². The maximum Gasteiger partial charge on any atom is 0.0679 e. The third-order valence-corrected chi connectivity index (χ3v) is 2.89. The average molecular weight is 244 g/mol. The van der Waals surface area contributed by atoms with E-state index in [9.17, 15) is 0 Å². The van der Waals surface area contributed by atoms with Crippen molar-refractivity contribution in [1.82, 2.24) is 20.1 Å². The van der Waals surface area contributed by atoms with Crippen molar-refractivity contribution in [2.45, 2.75) is 27.3 Å². The first-order valence-corrected chi connectivity index (χ1v) is 6.33. The zero-order chi connectivity index (χ0) is 13.0. The molecule has 2 heterocycles. The van der Waals surface area contributed by atoms with Gasteiger partial charge in [-0.15, -0.1) is 0 Å². The van der Waals surface area contributed by atoms with E-state index in [0.29, 0.717) is 5.92 Å². The lowest BCUT2D eigenvalue weighted by Gasteiger charge is -2.08. The molecular weight excluding hydrogens is 224 g/mol. The monoisotopic (exact) mass is 244 g/mol. The van der Waals surface area contributed by atoms with Crippen LogP contribution in [0, 0.1) is 12.8 Å². The fourth-order valence-corrected chi connectivity index (χ4v) is 1.86. The van der Waals surface area contributed by atoms with Crippen molar-refractivity contribution in [2.24, 2.45) is 5.92 Å². The highest BCUT2D eigenvalue weighted by molar-refractivity contribution is 5.32. The number of hydrogen-bond acceptors (Lipinski definition) is 3. The van der Waals surface area contributed by atoms with Crippen LogP contribution >= 0.6 is 0 Å². The first-order chi connectivity index (χ1) is 8.68. The summed E-state index contributed by atoms with van der Waals surface area (Å²) in [6.07, 6.45) is 5.50. The van der Waals surface area contributed by atoms with E-state index < -0.39 is 0 Å². The SMILES string of the molecule is Cc1c(CNCC(C)C)cnn1-c1ccncc1. The molecule has 0 fully saturated rings. The van der Waals surface area contributed by atoms with Gasteiger partial charge in [0.05, 0.1) is 11.9 Å². The Kier molecular flexibility index (Phi) is 4.10. The molecule has 2 aromatic rings. The van der Waals surface area contributed by atoms with Gasteiger partial charge in [-0.25, -0.2) is 4.68 Å². The third-order valence-electron chi connectivity index (χ3n) is 2.89. The second kappa shape index (κ2) is 5.78. The molecule has 1 N–H and O–H groups in total. The lowest BCUT2D eigenvalue weighted by atomic mass is 10.2. The molecule has 0 amide bonds. The van der Waals surface area contributed by atoms with Crippen LogP contribution in [0.5, 0.6) is 0 Å². The molecule has 18 heavy (non-hydrogen) atoms. The van der Waals surface area contributed by atoms with Gasteiger partial charge in [0.25, 0.3) is 0 Å². The molecule has 96 valence electrons. The van der Waals surface area contributed by atoms with E-state index in [2.05, 4.69) is 36.2 Å². The molecule has 0 bridgehead atoms. The zero-order valence-electron chi connectivity index (χ0n) is 11.2. The number of nitrogens with one attached hydrogen (secondary N) is 1. The zero-order valence-corrected chi connectivity index (χ0v) is 11.2. The van der Waals surface area contributed by atoms with Gasteiger partial charge in [0.1, 0.15) is 0 Å². The molecule has 4 nitrogen and oxygen atoms in total. The van der Waals surface area contributed by atoms with E-state index in [1.807, 2.05) is 23.0 Å². The van der Waals surface area contributed by atoms with Crippen molar-refractivity contribution < 1.29 is 0 Å². The summed E-state index contributed by atoms with van der Waals surface area (Å²) in [5.74, 6) is 0.667. The number of hydrogen-bond donors (Lipinski definition) is 1. The molecule has 2 rings (SSSR count). The Balaban J connectivity index is 2.09. The van der Waals surface area contributed by atoms with Crippen LogP contribution in [0.15, 0.2) is 30.7 Å². The quantitative estimate of drug-likeness (QED) is 0.877. The highest BCUT2D eigenvalue weighted by Gasteiger charge is 2.07. The Hall–Kier alpha value is -1.68. The minimum absolute atomic E-state index is 0.667. The molecule has 0 saturated carbocycles. The van der Waals surface area contributed by atoms with Gasteiger partial charge in [-0.3, -0.25) is 4.98 Å². The second-order valence-electron chi connectivity index (χ2n) is 4.90. The summed E-state index contributed by atoms with van der Waals surface area (Å²) in [7, 11) is 0. The van der Waals surface area contributed by atoms with Crippen molar-refractivity contribution >= 4 is 0 Å². The number of aromatic nitrogens is 3. The van der Waals surface area contributed by atoms with Gasteiger partial charge in [0.15, 0.2) is 0 Å². The maximum atomic E-state index is 4.43. The van der Waals surface area contributed by atoms with Crippen molar-refractivity contribution in [3.8, 4) is 5.69 Å². The average Bonchev–Trinajstić information content (AvgIpc) is 2.72. The topological polar surface area (TPSA) is 42.7 Å². The van der Waals surface area contributed by atoms with Crippen LogP contribution in [-0.4, -0.2) is 21.3 Å². The number of pyridine rings is 1. The van der Waals surface area contributed by atoms with Gasteiger partial charge in [-0.2, -0.15) is 5.10 Å². The molecule has 4 heteroatoms. The summed E-state index contributed by atoms with van der Waals surface area (Å²) in [4.78, 5) is 4.02. The lowest BCUT2D eigenvalue weighted by molar-refractivity contribution is 0.551. The lowest BCUT2D eigenvalue weighted by Crippen LogP contribution is -2.19. The van der Waals surface area contributed by atoms with Gasteiger partial charge in [0, 0.05) is 30.2 Å². The molecule has 0 atom stereocenters. The molecule has 0 aliphatic heterocycles. The van der Waals surface area contributed by atoms with Crippen LogP contribution in [0.3, 0.4) is 0 Å². The number of rotatable bonds is 5. The molecular formula is C14H20N4. The van der Waals surface area contributed by atoms with Crippen LogP contribution in [-0.2, 0) is 6.54 Å².